The lowest BCUT2D eigenvalue weighted by Crippen LogP contribution is -2.08. The van der Waals surface area contributed by atoms with Crippen molar-refractivity contribution < 1.29 is 0 Å². The Kier molecular flexibility index (Phi) is 3.12. The molecule has 0 aromatic heterocycles. The number of halogens is 1. The number of fused-ring (bicyclic) bond motifs is 2. The zero-order chi connectivity index (χ0) is 13.4. The third-order valence-corrected chi connectivity index (χ3v) is 4.25. The van der Waals surface area contributed by atoms with Gasteiger partial charge in [0.2, 0.25) is 0 Å². The Morgan fingerprint density at radius 3 is 2.74 bits per heavy atom. The van der Waals surface area contributed by atoms with Gasteiger partial charge in [0.15, 0.2) is 0 Å². The largest absolute Gasteiger partial charge is 0.378 e. The van der Waals surface area contributed by atoms with Gasteiger partial charge in [-0.25, -0.2) is 4.98 Å². The Bertz CT molecular complexity index is 779. The highest BCUT2D eigenvalue weighted by atomic mass is 35.5. The lowest BCUT2D eigenvalue weighted by atomic mass is 10.2. The average Bonchev–Trinajstić information content (AvgIpc) is 2.43. The van der Waals surface area contributed by atoms with E-state index in [1.807, 2.05) is 32.3 Å². The molecule has 0 radical (unpaired) electrons. The third-order valence-electron chi connectivity index (χ3n) is 2.96. The van der Waals surface area contributed by atoms with Gasteiger partial charge in [-0.3, -0.25) is 0 Å². The molecular weight excluding hydrogens is 278 g/mol. The van der Waals surface area contributed by atoms with Crippen LogP contribution >= 0.6 is 23.1 Å². The minimum absolute atomic E-state index is 0.760. The lowest BCUT2D eigenvalue weighted by molar-refractivity contribution is 1.13. The first kappa shape index (κ1) is 12.4. The van der Waals surface area contributed by atoms with Crippen LogP contribution in [0.1, 0.15) is 0 Å². The van der Waals surface area contributed by atoms with Crippen LogP contribution in [0.15, 0.2) is 40.9 Å². The molecular formula is C14H12ClN3S. The first-order chi connectivity index (χ1) is 9.17. The molecule has 1 heterocycles. The maximum atomic E-state index is 5.51. The first-order valence-corrected chi connectivity index (χ1v) is 7.00. The van der Waals surface area contributed by atoms with Crippen molar-refractivity contribution in [2.75, 3.05) is 19.0 Å². The number of nitrogens with zero attached hydrogens (tertiary/aromatic N) is 3. The van der Waals surface area contributed by atoms with E-state index in [1.54, 1.807) is 11.3 Å². The Labute approximate surface area is 120 Å². The van der Waals surface area contributed by atoms with Crippen LogP contribution < -0.4 is 10.3 Å². The van der Waals surface area contributed by atoms with Crippen LogP contribution in [0.5, 0.6) is 0 Å². The van der Waals surface area contributed by atoms with E-state index < -0.39 is 0 Å². The van der Waals surface area contributed by atoms with Gasteiger partial charge in [-0.1, -0.05) is 0 Å². The second-order valence-corrected chi connectivity index (χ2v) is 5.75. The summed E-state index contributed by atoms with van der Waals surface area (Å²) in [4.78, 5) is 7.83. The summed E-state index contributed by atoms with van der Waals surface area (Å²) in [6, 6.07) is 12.1. The number of anilines is 1. The summed E-state index contributed by atoms with van der Waals surface area (Å²) >= 11 is 7.22. The van der Waals surface area contributed by atoms with Gasteiger partial charge in [-0.15, -0.1) is 11.3 Å². The number of aromatic nitrogens is 1. The summed E-state index contributed by atoms with van der Waals surface area (Å²) in [5, 5.41) is 0.760. The van der Waals surface area contributed by atoms with E-state index in [2.05, 4.69) is 32.6 Å². The van der Waals surface area contributed by atoms with E-state index in [1.165, 1.54) is 5.69 Å². The van der Waals surface area contributed by atoms with Crippen LogP contribution in [0.25, 0.3) is 20.8 Å². The zero-order valence-corrected chi connectivity index (χ0v) is 12.2. The van der Waals surface area contributed by atoms with Gasteiger partial charge in [0, 0.05) is 31.6 Å². The summed E-state index contributed by atoms with van der Waals surface area (Å²) in [5.74, 6) is 0. The van der Waals surface area contributed by atoms with Crippen LogP contribution in [0.3, 0.4) is 0 Å². The Morgan fingerprint density at radius 2 is 2.00 bits per heavy atom. The van der Waals surface area contributed by atoms with Crippen LogP contribution in [0, 0.1) is 0 Å². The summed E-state index contributed by atoms with van der Waals surface area (Å²) < 4.78 is 4.85. The summed E-state index contributed by atoms with van der Waals surface area (Å²) in [6.45, 7) is 0. The average molecular weight is 290 g/mol. The molecule has 0 spiro atoms. The zero-order valence-electron chi connectivity index (χ0n) is 10.6. The SMILES string of the molecule is CN(C)c1ccc2nc3ccc(=NCl)cc-3sc2c1. The highest BCUT2D eigenvalue weighted by Crippen LogP contribution is 2.31. The maximum Gasteiger partial charge on any atom is 0.0811 e. The number of rotatable bonds is 1. The fraction of sp³-hybridized carbons (Fsp3) is 0.143. The van der Waals surface area contributed by atoms with Gasteiger partial charge in [0.05, 0.1) is 26.1 Å². The fourth-order valence-electron chi connectivity index (χ4n) is 1.93. The van der Waals surface area contributed by atoms with Crippen molar-refractivity contribution in [1.82, 2.24) is 4.98 Å². The standard InChI is InChI=1S/C14H12ClN3S/c1-18(2)10-4-6-12-14(8-10)19-13-7-9(17-15)3-5-11(13)16-12/h3-8H,1-2H3. The summed E-state index contributed by atoms with van der Waals surface area (Å²) in [5.41, 5.74) is 3.15. The van der Waals surface area contributed by atoms with Crippen LogP contribution in [0.2, 0.25) is 0 Å². The molecule has 3 nitrogen and oxygen atoms in total. The van der Waals surface area contributed by atoms with Crippen molar-refractivity contribution in [1.29, 1.82) is 0 Å². The Hall–Kier alpha value is -1.65. The number of hydrogen-bond acceptors (Lipinski definition) is 4. The Balaban J connectivity index is 2.31. The van der Waals surface area contributed by atoms with Gasteiger partial charge in [0.25, 0.3) is 0 Å². The number of hydrogen-bond donors (Lipinski definition) is 0. The van der Waals surface area contributed by atoms with Crippen molar-refractivity contribution in [3.05, 3.63) is 41.8 Å². The molecule has 0 amide bonds. The second-order valence-electron chi connectivity index (χ2n) is 4.50. The summed E-state index contributed by atoms with van der Waals surface area (Å²) in [6.07, 6.45) is 0. The highest BCUT2D eigenvalue weighted by molar-refractivity contribution is 7.21. The molecule has 0 fully saturated rings. The molecule has 0 saturated heterocycles. The molecule has 1 aromatic rings. The fourth-order valence-corrected chi connectivity index (χ4v) is 3.07. The van der Waals surface area contributed by atoms with Gasteiger partial charge in [-0.05, 0) is 36.4 Å². The molecule has 0 saturated carbocycles. The maximum absolute atomic E-state index is 5.51. The molecule has 3 rings (SSSR count). The van der Waals surface area contributed by atoms with Crippen molar-refractivity contribution in [2.24, 2.45) is 4.51 Å². The van der Waals surface area contributed by atoms with Crippen LogP contribution in [-0.4, -0.2) is 19.1 Å². The summed E-state index contributed by atoms with van der Waals surface area (Å²) in [7, 11) is 4.07. The normalized spacial score (nSPS) is 12.3. The molecule has 1 aliphatic carbocycles. The van der Waals surface area contributed by atoms with Crippen molar-refractivity contribution >= 4 is 39.0 Å². The van der Waals surface area contributed by atoms with E-state index in [0.29, 0.717) is 0 Å². The van der Waals surface area contributed by atoms with Crippen molar-refractivity contribution in [3.63, 3.8) is 0 Å². The minimum atomic E-state index is 0.760. The van der Waals surface area contributed by atoms with E-state index in [-0.39, 0.29) is 0 Å². The quantitative estimate of drug-likeness (QED) is 0.641. The molecule has 1 aliphatic heterocycles. The third kappa shape index (κ3) is 2.29. The molecule has 96 valence electrons. The van der Waals surface area contributed by atoms with Gasteiger partial charge >= 0.3 is 0 Å². The predicted octanol–water partition coefficient (Wildman–Crippen LogP) is 3.52. The van der Waals surface area contributed by atoms with Crippen LogP contribution in [0.4, 0.5) is 5.69 Å². The molecule has 0 bridgehead atoms. The highest BCUT2D eigenvalue weighted by Gasteiger charge is 2.07. The molecule has 2 aliphatic rings. The smallest absolute Gasteiger partial charge is 0.0811 e. The van der Waals surface area contributed by atoms with Crippen LogP contribution in [-0.2, 0) is 0 Å². The monoisotopic (exact) mass is 289 g/mol. The van der Waals surface area contributed by atoms with E-state index >= 15 is 0 Å². The molecule has 5 heteroatoms. The molecule has 1 aromatic carbocycles. The molecule has 0 atom stereocenters. The van der Waals surface area contributed by atoms with E-state index in [0.717, 1.165) is 26.1 Å². The van der Waals surface area contributed by atoms with Crippen molar-refractivity contribution in [2.45, 2.75) is 0 Å². The Morgan fingerprint density at radius 1 is 1.16 bits per heavy atom. The second kappa shape index (κ2) is 4.79. The number of benzene rings is 2. The van der Waals surface area contributed by atoms with E-state index in [4.69, 9.17) is 11.8 Å². The molecule has 0 N–H and O–H groups in total. The minimum Gasteiger partial charge on any atom is -0.378 e. The van der Waals surface area contributed by atoms with Gasteiger partial charge in [0.1, 0.15) is 0 Å². The van der Waals surface area contributed by atoms with E-state index in [9.17, 15) is 0 Å². The topological polar surface area (TPSA) is 28.5 Å². The predicted molar refractivity (Wildman–Crippen MR) is 82.0 cm³/mol. The lowest BCUT2D eigenvalue weighted by Gasteiger charge is -2.13. The van der Waals surface area contributed by atoms with Gasteiger partial charge < -0.3 is 4.90 Å². The molecule has 19 heavy (non-hydrogen) atoms. The first-order valence-electron chi connectivity index (χ1n) is 5.84. The molecule has 0 unspecified atom stereocenters. The van der Waals surface area contributed by atoms with Gasteiger partial charge in [-0.2, -0.15) is 4.51 Å². The van der Waals surface area contributed by atoms with Crippen molar-refractivity contribution in [3.8, 4) is 10.6 Å².